The molecule has 94 valence electrons. The lowest BCUT2D eigenvalue weighted by Gasteiger charge is -2.30. The van der Waals surface area contributed by atoms with Gasteiger partial charge in [-0.1, -0.05) is 30.3 Å². The second-order valence-electron chi connectivity index (χ2n) is 4.64. The van der Waals surface area contributed by atoms with Crippen LogP contribution in [0.25, 0.3) is 0 Å². The van der Waals surface area contributed by atoms with Crippen LogP contribution in [0.2, 0.25) is 0 Å². The van der Waals surface area contributed by atoms with Gasteiger partial charge in [-0.2, -0.15) is 0 Å². The minimum Gasteiger partial charge on any atom is -0.381 e. The molecule has 1 aliphatic rings. The molecule has 0 radical (unpaired) electrons. The number of benzene rings is 1. The molecule has 1 heterocycles. The summed E-state index contributed by atoms with van der Waals surface area (Å²) in [7, 11) is 0. The molecular formula is C14H21NO2. The Morgan fingerprint density at radius 3 is 2.47 bits per heavy atom. The van der Waals surface area contributed by atoms with E-state index in [-0.39, 0.29) is 18.2 Å². The van der Waals surface area contributed by atoms with Crippen LogP contribution >= 0.6 is 0 Å². The van der Waals surface area contributed by atoms with Crippen molar-refractivity contribution >= 4 is 0 Å². The lowest BCUT2D eigenvalue weighted by molar-refractivity contribution is -0.0758. The molecule has 1 saturated heterocycles. The smallest absolute Gasteiger partial charge is 0.0976 e. The predicted octanol–water partition coefficient (Wildman–Crippen LogP) is 2.27. The maximum atomic E-state index is 6.13. The Morgan fingerprint density at radius 1 is 1.24 bits per heavy atom. The summed E-state index contributed by atoms with van der Waals surface area (Å²) in [6.45, 7) is 3.59. The Kier molecular flexibility index (Phi) is 4.54. The maximum Gasteiger partial charge on any atom is 0.0976 e. The Hall–Kier alpha value is -0.900. The van der Waals surface area contributed by atoms with Gasteiger partial charge in [0.1, 0.15) is 0 Å². The van der Waals surface area contributed by atoms with Gasteiger partial charge in [0.2, 0.25) is 0 Å². The van der Waals surface area contributed by atoms with Gasteiger partial charge >= 0.3 is 0 Å². The molecule has 0 bridgehead atoms. The van der Waals surface area contributed by atoms with Crippen molar-refractivity contribution in [2.24, 2.45) is 5.73 Å². The molecule has 2 rings (SSSR count). The molecule has 0 unspecified atom stereocenters. The van der Waals surface area contributed by atoms with E-state index in [4.69, 9.17) is 15.2 Å². The molecule has 0 saturated carbocycles. The molecule has 17 heavy (non-hydrogen) atoms. The van der Waals surface area contributed by atoms with Gasteiger partial charge in [0, 0.05) is 19.3 Å². The van der Waals surface area contributed by atoms with Crippen molar-refractivity contribution < 1.29 is 9.47 Å². The molecule has 0 aromatic heterocycles. The number of hydrogen-bond acceptors (Lipinski definition) is 3. The van der Waals surface area contributed by atoms with Crippen LogP contribution in [0, 0.1) is 0 Å². The van der Waals surface area contributed by atoms with Crippen LogP contribution in [0.1, 0.15) is 31.4 Å². The summed E-state index contributed by atoms with van der Waals surface area (Å²) in [5.41, 5.74) is 7.19. The van der Waals surface area contributed by atoms with Crippen molar-refractivity contribution in [3.63, 3.8) is 0 Å². The van der Waals surface area contributed by atoms with Gasteiger partial charge in [0.25, 0.3) is 0 Å². The maximum absolute atomic E-state index is 6.13. The molecule has 1 aliphatic heterocycles. The topological polar surface area (TPSA) is 44.5 Å². The zero-order valence-corrected chi connectivity index (χ0v) is 10.3. The number of nitrogens with two attached hydrogens (primary N) is 1. The van der Waals surface area contributed by atoms with Crippen LogP contribution in [0.15, 0.2) is 30.3 Å². The molecule has 1 aromatic rings. The van der Waals surface area contributed by atoms with E-state index in [1.54, 1.807) is 0 Å². The van der Waals surface area contributed by atoms with E-state index < -0.39 is 0 Å². The van der Waals surface area contributed by atoms with Gasteiger partial charge < -0.3 is 15.2 Å². The van der Waals surface area contributed by atoms with E-state index in [0.717, 1.165) is 31.6 Å². The number of ether oxygens (including phenoxy) is 2. The molecule has 0 aliphatic carbocycles. The number of rotatable bonds is 4. The Morgan fingerprint density at radius 2 is 1.88 bits per heavy atom. The SMILES string of the molecule is C[C@H](N)[C@H](OC1CCOCC1)c1ccccc1. The first-order valence-electron chi connectivity index (χ1n) is 6.31. The largest absolute Gasteiger partial charge is 0.381 e. The van der Waals surface area contributed by atoms with Crippen molar-refractivity contribution in [3.05, 3.63) is 35.9 Å². The summed E-state index contributed by atoms with van der Waals surface area (Å²) < 4.78 is 11.5. The van der Waals surface area contributed by atoms with E-state index in [2.05, 4.69) is 12.1 Å². The quantitative estimate of drug-likeness (QED) is 0.870. The van der Waals surface area contributed by atoms with Gasteiger partial charge in [0.15, 0.2) is 0 Å². The van der Waals surface area contributed by atoms with Crippen molar-refractivity contribution in [1.29, 1.82) is 0 Å². The van der Waals surface area contributed by atoms with Crippen LogP contribution in [0.3, 0.4) is 0 Å². The summed E-state index contributed by atoms with van der Waals surface area (Å²) in [4.78, 5) is 0. The van der Waals surface area contributed by atoms with Crippen LogP contribution in [-0.4, -0.2) is 25.4 Å². The van der Waals surface area contributed by atoms with Crippen LogP contribution in [-0.2, 0) is 9.47 Å². The second kappa shape index (κ2) is 6.15. The normalized spacial score (nSPS) is 21.1. The van der Waals surface area contributed by atoms with Crippen molar-refractivity contribution in [2.75, 3.05) is 13.2 Å². The fourth-order valence-electron chi connectivity index (χ4n) is 2.17. The van der Waals surface area contributed by atoms with Gasteiger partial charge in [0.05, 0.1) is 12.2 Å². The first kappa shape index (κ1) is 12.6. The average Bonchev–Trinajstić information content (AvgIpc) is 2.38. The van der Waals surface area contributed by atoms with E-state index >= 15 is 0 Å². The highest BCUT2D eigenvalue weighted by Crippen LogP contribution is 2.25. The van der Waals surface area contributed by atoms with Gasteiger partial charge in [-0.05, 0) is 25.3 Å². The Balaban J connectivity index is 2.02. The van der Waals surface area contributed by atoms with Crippen LogP contribution < -0.4 is 5.73 Å². The van der Waals surface area contributed by atoms with E-state index in [1.807, 2.05) is 25.1 Å². The standard InChI is InChI=1S/C14H21NO2/c1-11(15)14(12-5-3-2-4-6-12)17-13-7-9-16-10-8-13/h2-6,11,13-14H,7-10,15H2,1H3/t11-,14-/m0/s1. The lowest BCUT2D eigenvalue weighted by atomic mass is 10.0. The first-order valence-corrected chi connectivity index (χ1v) is 6.31. The van der Waals surface area contributed by atoms with E-state index in [9.17, 15) is 0 Å². The predicted molar refractivity (Wildman–Crippen MR) is 67.8 cm³/mol. The molecule has 2 N–H and O–H groups in total. The van der Waals surface area contributed by atoms with Gasteiger partial charge in [-0.15, -0.1) is 0 Å². The van der Waals surface area contributed by atoms with E-state index in [0.29, 0.717) is 0 Å². The minimum atomic E-state index is -0.0145. The molecule has 3 nitrogen and oxygen atoms in total. The second-order valence-corrected chi connectivity index (χ2v) is 4.64. The highest BCUT2D eigenvalue weighted by atomic mass is 16.5. The molecule has 1 fully saturated rings. The highest BCUT2D eigenvalue weighted by molar-refractivity contribution is 5.18. The highest BCUT2D eigenvalue weighted by Gasteiger charge is 2.23. The van der Waals surface area contributed by atoms with Crippen molar-refractivity contribution in [2.45, 2.75) is 38.0 Å². The third kappa shape index (κ3) is 3.53. The summed E-state index contributed by atoms with van der Waals surface area (Å²) in [5.74, 6) is 0. The van der Waals surface area contributed by atoms with Crippen LogP contribution in [0.5, 0.6) is 0 Å². The van der Waals surface area contributed by atoms with Crippen molar-refractivity contribution in [3.8, 4) is 0 Å². The van der Waals surface area contributed by atoms with Gasteiger partial charge in [-0.3, -0.25) is 0 Å². The first-order chi connectivity index (χ1) is 8.27. The van der Waals surface area contributed by atoms with Gasteiger partial charge in [-0.25, -0.2) is 0 Å². The lowest BCUT2D eigenvalue weighted by Crippen LogP contribution is -2.33. The minimum absolute atomic E-state index is 0.000227. The monoisotopic (exact) mass is 235 g/mol. The molecule has 0 amide bonds. The fraction of sp³-hybridized carbons (Fsp3) is 0.571. The molecule has 0 spiro atoms. The summed E-state index contributed by atoms with van der Waals surface area (Å²) in [6, 6.07) is 10.2. The zero-order chi connectivity index (χ0) is 12.1. The third-order valence-corrected chi connectivity index (χ3v) is 3.11. The zero-order valence-electron chi connectivity index (χ0n) is 10.3. The number of hydrogen-bond donors (Lipinski definition) is 1. The Labute approximate surface area is 103 Å². The van der Waals surface area contributed by atoms with Crippen molar-refractivity contribution in [1.82, 2.24) is 0 Å². The Bertz CT molecular complexity index is 320. The summed E-state index contributed by atoms with van der Waals surface area (Å²) >= 11 is 0. The summed E-state index contributed by atoms with van der Waals surface area (Å²) in [6.07, 6.45) is 2.20. The molecule has 2 atom stereocenters. The molecule has 3 heteroatoms. The fourth-order valence-corrected chi connectivity index (χ4v) is 2.17. The molecule has 1 aromatic carbocycles. The van der Waals surface area contributed by atoms with Crippen LogP contribution in [0.4, 0.5) is 0 Å². The summed E-state index contributed by atoms with van der Waals surface area (Å²) in [5, 5.41) is 0. The average molecular weight is 235 g/mol. The van der Waals surface area contributed by atoms with E-state index in [1.165, 1.54) is 0 Å². The third-order valence-electron chi connectivity index (χ3n) is 3.11. The molecular weight excluding hydrogens is 214 g/mol.